The fourth-order valence-electron chi connectivity index (χ4n) is 3.67. The van der Waals surface area contributed by atoms with E-state index in [-0.39, 0.29) is 6.54 Å². The van der Waals surface area contributed by atoms with E-state index in [2.05, 4.69) is 15.4 Å². The highest BCUT2D eigenvalue weighted by molar-refractivity contribution is 5.94. The predicted octanol–water partition coefficient (Wildman–Crippen LogP) is 4.27. The smallest absolute Gasteiger partial charge is 0.257 e. The number of carbonyl (C=O) groups excluding carboxylic acids is 1. The maximum Gasteiger partial charge on any atom is 0.257 e. The number of nitrogens with zero attached hydrogens (tertiary/aromatic N) is 3. The van der Waals surface area contributed by atoms with Gasteiger partial charge in [0, 0.05) is 18.0 Å². The molecule has 1 fully saturated rings. The molecule has 1 N–H and O–H groups in total. The minimum atomic E-state index is -0.883. The van der Waals surface area contributed by atoms with E-state index in [1.54, 1.807) is 12.4 Å². The number of hydrogen-bond acceptors (Lipinski definition) is 3. The predicted molar refractivity (Wildman–Crippen MR) is 100 cm³/mol. The summed E-state index contributed by atoms with van der Waals surface area (Å²) in [4.78, 5) is 16.3. The molecule has 2 heterocycles. The van der Waals surface area contributed by atoms with E-state index in [4.69, 9.17) is 0 Å². The van der Waals surface area contributed by atoms with Crippen LogP contribution in [0.5, 0.6) is 0 Å². The molecule has 3 aromatic rings. The van der Waals surface area contributed by atoms with E-state index in [1.807, 2.05) is 22.9 Å². The fourth-order valence-corrected chi connectivity index (χ4v) is 3.67. The second-order valence-corrected chi connectivity index (χ2v) is 6.92. The zero-order valence-electron chi connectivity index (χ0n) is 15.2. The Morgan fingerprint density at radius 2 is 1.79 bits per heavy atom. The van der Waals surface area contributed by atoms with Gasteiger partial charge in [0.2, 0.25) is 0 Å². The number of aromatic nitrogens is 3. The van der Waals surface area contributed by atoms with Crippen LogP contribution in [0.2, 0.25) is 0 Å². The van der Waals surface area contributed by atoms with Crippen LogP contribution >= 0.6 is 0 Å². The van der Waals surface area contributed by atoms with Gasteiger partial charge in [-0.1, -0.05) is 18.9 Å². The van der Waals surface area contributed by atoms with Crippen molar-refractivity contribution in [3.8, 4) is 11.3 Å². The summed E-state index contributed by atoms with van der Waals surface area (Å²) in [5.41, 5.74) is 2.01. The lowest BCUT2D eigenvalue weighted by molar-refractivity contribution is 0.0942. The zero-order valence-corrected chi connectivity index (χ0v) is 15.2. The standard InChI is InChI=1S/C21H20F2N4O/c22-17-6-3-7-18(23)20(17)21(28)25-13-15-12-19(14-8-10-24-11-9-14)27(26-15)16-4-1-2-5-16/h3,6-12,16H,1-2,4-5,13H2,(H,25,28). The summed E-state index contributed by atoms with van der Waals surface area (Å²) < 4.78 is 29.6. The summed E-state index contributed by atoms with van der Waals surface area (Å²) in [5.74, 6) is -2.56. The van der Waals surface area contributed by atoms with Gasteiger partial charge < -0.3 is 5.32 Å². The monoisotopic (exact) mass is 382 g/mol. The molecule has 0 aliphatic heterocycles. The minimum absolute atomic E-state index is 0.0877. The summed E-state index contributed by atoms with van der Waals surface area (Å²) in [6, 6.07) is 9.41. The number of amides is 1. The van der Waals surface area contributed by atoms with Gasteiger partial charge in [-0.05, 0) is 43.2 Å². The number of carbonyl (C=O) groups is 1. The largest absolute Gasteiger partial charge is 0.346 e. The average Bonchev–Trinajstić information content (AvgIpc) is 3.36. The lowest BCUT2D eigenvalue weighted by Gasteiger charge is -2.14. The van der Waals surface area contributed by atoms with Crippen molar-refractivity contribution in [2.45, 2.75) is 38.3 Å². The molecule has 0 saturated heterocycles. The third kappa shape index (κ3) is 3.65. The zero-order chi connectivity index (χ0) is 19.5. The highest BCUT2D eigenvalue weighted by atomic mass is 19.1. The molecule has 1 saturated carbocycles. The van der Waals surface area contributed by atoms with Gasteiger partial charge in [0.15, 0.2) is 0 Å². The van der Waals surface area contributed by atoms with Gasteiger partial charge in [0.1, 0.15) is 17.2 Å². The molecule has 28 heavy (non-hydrogen) atoms. The third-order valence-electron chi connectivity index (χ3n) is 5.05. The van der Waals surface area contributed by atoms with Crippen molar-refractivity contribution in [3.05, 3.63) is 71.7 Å². The van der Waals surface area contributed by atoms with Crippen LogP contribution in [-0.4, -0.2) is 20.7 Å². The van der Waals surface area contributed by atoms with Crippen molar-refractivity contribution >= 4 is 5.91 Å². The molecule has 0 atom stereocenters. The molecule has 0 bridgehead atoms. The lowest BCUT2D eigenvalue weighted by Crippen LogP contribution is -2.25. The number of benzene rings is 1. The molecule has 0 unspecified atom stereocenters. The Morgan fingerprint density at radius 1 is 1.11 bits per heavy atom. The SMILES string of the molecule is O=C(NCc1cc(-c2ccncc2)n(C2CCCC2)n1)c1c(F)cccc1F. The van der Waals surface area contributed by atoms with Crippen LogP contribution in [0, 0.1) is 11.6 Å². The first-order valence-electron chi connectivity index (χ1n) is 9.34. The Morgan fingerprint density at radius 3 is 2.46 bits per heavy atom. The molecule has 1 aliphatic rings. The number of halogens is 2. The molecule has 7 heteroatoms. The molecule has 2 aromatic heterocycles. The van der Waals surface area contributed by atoms with E-state index in [0.29, 0.717) is 11.7 Å². The van der Waals surface area contributed by atoms with Crippen LogP contribution in [0.15, 0.2) is 48.8 Å². The molecule has 0 radical (unpaired) electrons. The summed E-state index contributed by atoms with van der Waals surface area (Å²) in [6.45, 7) is 0.0877. The van der Waals surface area contributed by atoms with E-state index in [1.165, 1.54) is 18.9 Å². The Bertz CT molecular complexity index is 961. The van der Waals surface area contributed by atoms with E-state index in [9.17, 15) is 13.6 Å². The van der Waals surface area contributed by atoms with Gasteiger partial charge in [0.25, 0.3) is 5.91 Å². The topological polar surface area (TPSA) is 59.8 Å². The van der Waals surface area contributed by atoms with E-state index >= 15 is 0 Å². The third-order valence-corrected chi connectivity index (χ3v) is 5.05. The van der Waals surface area contributed by atoms with Gasteiger partial charge in [0.05, 0.1) is 24.0 Å². The molecule has 5 nitrogen and oxygen atoms in total. The summed E-state index contributed by atoms with van der Waals surface area (Å²) >= 11 is 0. The molecule has 1 aromatic carbocycles. The Hall–Kier alpha value is -3.09. The lowest BCUT2D eigenvalue weighted by atomic mass is 10.1. The van der Waals surface area contributed by atoms with Gasteiger partial charge in [-0.3, -0.25) is 14.5 Å². The second-order valence-electron chi connectivity index (χ2n) is 6.92. The van der Waals surface area contributed by atoms with E-state index in [0.717, 1.165) is 36.2 Å². The molecule has 0 spiro atoms. The number of rotatable bonds is 5. The first-order chi connectivity index (χ1) is 13.6. The maximum atomic E-state index is 13.8. The van der Waals surface area contributed by atoms with Crippen molar-refractivity contribution < 1.29 is 13.6 Å². The van der Waals surface area contributed by atoms with Gasteiger partial charge in [-0.2, -0.15) is 5.10 Å². The minimum Gasteiger partial charge on any atom is -0.346 e. The van der Waals surface area contributed by atoms with Crippen LogP contribution in [0.3, 0.4) is 0 Å². The molecule has 4 rings (SSSR count). The Labute approximate surface area is 161 Å². The Balaban J connectivity index is 1.57. The van der Waals surface area contributed by atoms with Crippen molar-refractivity contribution in [2.24, 2.45) is 0 Å². The molecule has 144 valence electrons. The van der Waals surface area contributed by atoms with Crippen molar-refractivity contribution in [1.29, 1.82) is 0 Å². The first kappa shape index (κ1) is 18.3. The normalized spacial score (nSPS) is 14.4. The second kappa shape index (κ2) is 7.88. The molecule has 1 amide bonds. The van der Waals surface area contributed by atoms with Crippen LogP contribution in [-0.2, 0) is 6.54 Å². The van der Waals surface area contributed by atoms with Gasteiger partial charge in [-0.15, -0.1) is 0 Å². The summed E-state index contributed by atoms with van der Waals surface area (Å²) in [5, 5.41) is 7.25. The number of hydrogen-bond donors (Lipinski definition) is 1. The van der Waals surface area contributed by atoms with Crippen molar-refractivity contribution in [2.75, 3.05) is 0 Å². The summed E-state index contributed by atoms with van der Waals surface area (Å²) in [7, 11) is 0. The Kier molecular flexibility index (Phi) is 5.14. The molecular weight excluding hydrogens is 362 g/mol. The maximum absolute atomic E-state index is 13.8. The van der Waals surface area contributed by atoms with Crippen molar-refractivity contribution in [3.63, 3.8) is 0 Å². The summed E-state index contributed by atoms with van der Waals surface area (Å²) in [6.07, 6.45) is 7.91. The van der Waals surface area contributed by atoms with Gasteiger partial charge in [-0.25, -0.2) is 8.78 Å². The highest BCUT2D eigenvalue weighted by Crippen LogP contribution is 2.33. The first-order valence-corrected chi connectivity index (χ1v) is 9.34. The number of nitrogens with one attached hydrogen (secondary N) is 1. The number of pyridine rings is 1. The van der Waals surface area contributed by atoms with Crippen molar-refractivity contribution in [1.82, 2.24) is 20.1 Å². The van der Waals surface area contributed by atoms with Gasteiger partial charge >= 0.3 is 0 Å². The van der Waals surface area contributed by atoms with Crippen LogP contribution in [0.25, 0.3) is 11.3 Å². The van der Waals surface area contributed by atoms with Crippen LogP contribution < -0.4 is 5.32 Å². The fraction of sp³-hybridized carbons (Fsp3) is 0.286. The van der Waals surface area contributed by atoms with Crippen LogP contribution in [0.4, 0.5) is 8.78 Å². The molecular formula is C21H20F2N4O. The van der Waals surface area contributed by atoms with Crippen LogP contribution in [0.1, 0.15) is 47.8 Å². The highest BCUT2D eigenvalue weighted by Gasteiger charge is 2.23. The van der Waals surface area contributed by atoms with E-state index < -0.39 is 23.1 Å². The molecule has 1 aliphatic carbocycles. The quantitative estimate of drug-likeness (QED) is 0.717. The average molecular weight is 382 g/mol.